The van der Waals surface area contributed by atoms with E-state index in [9.17, 15) is 0 Å². The van der Waals surface area contributed by atoms with Crippen LogP contribution in [0.4, 0.5) is 5.69 Å². The molecule has 5 aromatic carbocycles. The van der Waals surface area contributed by atoms with Crippen LogP contribution in [-0.2, 0) is 0 Å². The lowest BCUT2D eigenvalue weighted by Gasteiger charge is -2.09. The molecule has 0 spiro atoms. The van der Waals surface area contributed by atoms with E-state index in [1.165, 1.54) is 5.39 Å². The molecule has 0 amide bonds. The van der Waals surface area contributed by atoms with Crippen molar-refractivity contribution < 1.29 is 0 Å². The molecule has 8 rings (SSSR count). The zero-order valence-corrected chi connectivity index (χ0v) is 20.7. The summed E-state index contributed by atoms with van der Waals surface area (Å²) >= 11 is 0. The normalized spacial score (nSPS) is 11.6. The van der Waals surface area contributed by atoms with Crippen LogP contribution in [0, 0.1) is 6.57 Å². The molecule has 0 bridgehead atoms. The third kappa shape index (κ3) is 3.22. The van der Waals surface area contributed by atoms with E-state index in [1.54, 1.807) is 0 Å². The van der Waals surface area contributed by atoms with Crippen LogP contribution in [0.25, 0.3) is 77.1 Å². The first-order valence-corrected chi connectivity index (χ1v) is 12.8. The molecule has 0 radical (unpaired) electrons. The van der Waals surface area contributed by atoms with Crippen LogP contribution in [0.2, 0.25) is 0 Å². The Labute approximate surface area is 223 Å². The molecule has 0 aliphatic rings. The van der Waals surface area contributed by atoms with Crippen LogP contribution in [-0.4, -0.2) is 19.4 Å². The number of para-hydroxylation sites is 1. The highest BCUT2D eigenvalue weighted by Crippen LogP contribution is 2.42. The molecule has 3 heterocycles. The number of fused-ring (bicyclic) bond motifs is 6. The van der Waals surface area contributed by atoms with Crippen molar-refractivity contribution in [1.29, 1.82) is 0 Å². The van der Waals surface area contributed by atoms with Gasteiger partial charge < -0.3 is 4.40 Å². The summed E-state index contributed by atoms with van der Waals surface area (Å²) in [5, 5.41) is 4.46. The molecule has 0 aliphatic carbocycles. The van der Waals surface area contributed by atoms with Crippen molar-refractivity contribution in [1.82, 2.24) is 19.4 Å². The Morgan fingerprint density at radius 1 is 0.487 bits per heavy atom. The quantitative estimate of drug-likeness (QED) is 0.230. The van der Waals surface area contributed by atoms with Crippen LogP contribution in [0.3, 0.4) is 0 Å². The Morgan fingerprint density at radius 2 is 1.03 bits per heavy atom. The summed E-state index contributed by atoms with van der Waals surface area (Å²) in [5.74, 6) is 1.88. The average Bonchev–Trinajstić information content (AvgIpc) is 3.53. The highest BCUT2D eigenvalue weighted by Gasteiger charge is 2.20. The lowest BCUT2D eigenvalue weighted by molar-refractivity contribution is 1.07. The van der Waals surface area contributed by atoms with Crippen LogP contribution < -0.4 is 0 Å². The Kier molecular flexibility index (Phi) is 4.52. The molecule has 0 saturated heterocycles. The molecule has 5 nitrogen and oxygen atoms in total. The van der Waals surface area contributed by atoms with Crippen molar-refractivity contribution in [2.45, 2.75) is 0 Å². The Hall–Kier alpha value is -5.60. The molecule has 0 N–H and O–H groups in total. The fraction of sp³-hybridized carbons (Fsp3) is 0. The second-order valence-corrected chi connectivity index (χ2v) is 9.62. The number of aromatic nitrogens is 4. The van der Waals surface area contributed by atoms with Crippen molar-refractivity contribution in [2.75, 3.05) is 0 Å². The zero-order valence-electron chi connectivity index (χ0n) is 20.7. The highest BCUT2D eigenvalue weighted by molar-refractivity contribution is 6.24. The number of hydrogen-bond acceptors (Lipinski definition) is 3. The number of hydrogen-bond donors (Lipinski definition) is 0. The van der Waals surface area contributed by atoms with E-state index in [4.69, 9.17) is 21.5 Å². The predicted molar refractivity (Wildman–Crippen MR) is 157 cm³/mol. The predicted octanol–water partition coefficient (Wildman–Crippen LogP) is 8.57. The molecule has 180 valence electrons. The van der Waals surface area contributed by atoms with Gasteiger partial charge in [-0.1, -0.05) is 84.9 Å². The van der Waals surface area contributed by atoms with Gasteiger partial charge in [-0.3, -0.25) is 0 Å². The molecule has 8 aromatic rings. The van der Waals surface area contributed by atoms with E-state index in [2.05, 4.69) is 51.7 Å². The van der Waals surface area contributed by atoms with Crippen LogP contribution >= 0.6 is 0 Å². The summed E-state index contributed by atoms with van der Waals surface area (Å²) in [6, 6.07) is 38.8. The van der Waals surface area contributed by atoms with Gasteiger partial charge in [-0.05, 0) is 35.7 Å². The monoisotopic (exact) mass is 497 g/mol. The summed E-state index contributed by atoms with van der Waals surface area (Å²) in [7, 11) is 0. The molecular formula is C34H19N5. The van der Waals surface area contributed by atoms with E-state index >= 15 is 0 Å². The highest BCUT2D eigenvalue weighted by atomic mass is 15.0. The van der Waals surface area contributed by atoms with Gasteiger partial charge in [-0.2, -0.15) is 0 Å². The minimum Gasteiger partial charge on any atom is -0.308 e. The smallest absolute Gasteiger partial charge is 0.188 e. The first kappa shape index (κ1) is 21.5. The van der Waals surface area contributed by atoms with E-state index in [1.807, 2.05) is 72.8 Å². The van der Waals surface area contributed by atoms with Gasteiger partial charge in [0.15, 0.2) is 23.2 Å². The number of rotatable bonds is 3. The van der Waals surface area contributed by atoms with Crippen molar-refractivity contribution in [3.8, 4) is 34.2 Å². The molecule has 0 atom stereocenters. The van der Waals surface area contributed by atoms with Gasteiger partial charge in [0.1, 0.15) is 0 Å². The van der Waals surface area contributed by atoms with Gasteiger partial charge in [0.2, 0.25) is 0 Å². The van der Waals surface area contributed by atoms with Crippen molar-refractivity contribution in [3.63, 3.8) is 0 Å². The van der Waals surface area contributed by atoms with E-state index < -0.39 is 0 Å². The van der Waals surface area contributed by atoms with Crippen molar-refractivity contribution >= 4 is 43.8 Å². The summed E-state index contributed by atoms with van der Waals surface area (Å²) < 4.78 is 2.31. The van der Waals surface area contributed by atoms with Crippen LogP contribution in [0.5, 0.6) is 0 Å². The fourth-order valence-corrected chi connectivity index (χ4v) is 5.62. The molecule has 3 aromatic heterocycles. The Bertz CT molecular complexity index is 2170. The van der Waals surface area contributed by atoms with Crippen molar-refractivity contribution in [3.05, 3.63) is 127 Å². The van der Waals surface area contributed by atoms with Crippen molar-refractivity contribution in [2.24, 2.45) is 0 Å². The van der Waals surface area contributed by atoms with Gasteiger partial charge in [-0.15, -0.1) is 0 Å². The molecule has 0 fully saturated rings. The summed E-state index contributed by atoms with van der Waals surface area (Å²) in [5.41, 5.74) is 6.80. The maximum Gasteiger partial charge on any atom is 0.188 e. The summed E-state index contributed by atoms with van der Waals surface area (Å²) in [4.78, 5) is 18.5. The summed E-state index contributed by atoms with van der Waals surface area (Å²) in [6.07, 6.45) is 0. The molecule has 39 heavy (non-hydrogen) atoms. The molecule has 0 saturated carbocycles. The number of benzene rings is 5. The van der Waals surface area contributed by atoms with Gasteiger partial charge >= 0.3 is 0 Å². The van der Waals surface area contributed by atoms with Crippen LogP contribution in [0.15, 0.2) is 115 Å². The standard InChI is InChI=1S/C34H19N5/c1-35-24-16-17-30-26(20-24)28-19-23(18-27-25-14-8-9-15-29(25)39(30)31(27)28)34-37-32(21-10-4-2-5-11-21)36-33(38-34)22-12-6-3-7-13-22/h2-20H. The van der Waals surface area contributed by atoms with E-state index in [0.29, 0.717) is 23.2 Å². The lowest BCUT2D eigenvalue weighted by Crippen LogP contribution is -2.00. The average molecular weight is 498 g/mol. The third-order valence-corrected chi connectivity index (χ3v) is 7.37. The Morgan fingerprint density at radius 3 is 1.67 bits per heavy atom. The summed E-state index contributed by atoms with van der Waals surface area (Å²) in [6.45, 7) is 7.59. The van der Waals surface area contributed by atoms with E-state index in [-0.39, 0.29) is 0 Å². The van der Waals surface area contributed by atoms with Gasteiger partial charge in [0.05, 0.1) is 23.1 Å². The second-order valence-electron chi connectivity index (χ2n) is 9.62. The number of nitrogens with zero attached hydrogens (tertiary/aromatic N) is 5. The van der Waals surface area contributed by atoms with Gasteiger partial charge in [0, 0.05) is 32.8 Å². The minimum absolute atomic E-state index is 0.618. The maximum absolute atomic E-state index is 7.59. The first-order valence-electron chi connectivity index (χ1n) is 12.8. The molecular weight excluding hydrogens is 478 g/mol. The fourth-order valence-electron chi connectivity index (χ4n) is 5.62. The van der Waals surface area contributed by atoms with Crippen LogP contribution in [0.1, 0.15) is 0 Å². The molecule has 0 aliphatic heterocycles. The largest absolute Gasteiger partial charge is 0.308 e. The van der Waals surface area contributed by atoms with Gasteiger partial charge in [0.25, 0.3) is 0 Å². The molecule has 5 heteroatoms. The third-order valence-electron chi connectivity index (χ3n) is 7.37. The Balaban J connectivity index is 1.48. The SMILES string of the molecule is [C-]#[N+]c1ccc2c(c1)c1cc(-c3nc(-c4ccccc4)nc(-c4ccccc4)n3)cc3c4ccccc4n2c31. The lowest BCUT2D eigenvalue weighted by atomic mass is 10.0. The zero-order chi connectivity index (χ0) is 25.9. The van der Waals surface area contributed by atoms with E-state index in [0.717, 1.165) is 49.4 Å². The molecule has 0 unspecified atom stereocenters. The minimum atomic E-state index is 0.618. The topological polar surface area (TPSA) is 47.4 Å². The van der Waals surface area contributed by atoms with Gasteiger partial charge in [-0.25, -0.2) is 19.8 Å². The first-order chi connectivity index (χ1) is 19.3. The second kappa shape index (κ2) is 8.20. The maximum atomic E-state index is 7.59.